The van der Waals surface area contributed by atoms with Crippen molar-refractivity contribution in [2.45, 2.75) is 38.0 Å². The molecule has 0 saturated heterocycles. The number of methoxy groups -OCH3 is 1. The molecule has 1 heterocycles. The minimum absolute atomic E-state index is 0.304. The smallest absolute Gasteiger partial charge is 0.408 e. The molecule has 8 heteroatoms. The van der Waals surface area contributed by atoms with Crippen LogP contribution in [0, 0.1) is 0 Å². The summed E-state index contributed by atoms with van der Waals surface area (Å²) in [5.41, 5.74) is 1.71. The molecule has 1 N–H and O–H groups in total. The Hall–Kier alpha value is -2.51. The number of nitrogens with one attached hydrogen (secondary N) is 1. The van der Waals surface area contributed by atoms with Crippen molar-refractivity contribution in [1.82, 2.24) is 15.1 Å². The molecule has 0 saturated carbocycles. The molecular weight excluding hydrogens is 335 g/mol. The van der Waals surface area contributed by atoms with E-state index in [2.05, 4.69) is 10.4 Å². The highest BCUT2D eigenvalue weighted by Crippen LogP contribution is 2.30. The third-order valence-electron chi connectivity index (χ3n) is 4.12. The summed E-state index contributed by atoms with van der Waals surface area (Å²) in [4.78, 5) is 12.4. The number of halogens is 3. The summed E-state index contributed by atoms with van der Waals surface area (Å²) >= 11 is 0. The van der Waals surface area contributed by atoms with Crippen molar-refractivity contribution in [2.75, 3.05) is 7.11 Å². The summed E-state index contributed by atoms with van der Waals surface area (Å²) in [7, 11) is 1.51. The number of aromatic nitrogens is 2. The van der Waals surface area contributed by atoms with Crippen LogP contribution in [0.3, 0.4) is 0 Å². The summed E-state index contributed by atoms with van der Waals surface area (Å²) in [5.74, 6) is 0.258. The zero-order chi connectivity index (χ0) is 18.0. The number of rotatable bonds is 4. The van der Waals surface area contributed by atoms with Crippen LogP contribution in [0.2, 0.25) is 0 Å². The van der Waals surface area contributed by atoms with E-state index in [-0.39, 0.29) is 5.91 Å². The molecule has 0 bridgehead atoms. The first-order valence-corrected chi connectivity index (χ1v) is 7.93. The van der Waals surface area contributed by atoms with Crippen molar-refractivity contribution >= 4 is 5.91 Å². The highest BCUT2D eigenvalue weighted by molar-refractivity contribution is 5.94. The third kappa shape index (κ3) is 4.12. The molecule has 1 atom stereocenters. The first kappa shape index (κ1) is 17.3. The normalized spacial score (nSPS) is 17.0. The van der Waals surface area contributed by atoms with Crippen molar-refractivity contribution in [3.63, 3.8) is 0 Å². The van der Waals surface area contributed by atoms with E-state index in [9.17, 15) is 18.0 Å². The van der Waals surface area contributed by atoms with E-state index in [1.807, 2.05) is 0 Å². The molecule has 134 valence electrons. The first-order chi connectivity index (χ1) is 11.9. The Morgan fingerprint density at radius 3 is 2.96 bits per heavy atom. The molecule has 2 aromatic rings. The topological polar surface area (TPSA) is 56.1 Å². The lowest BCUT2D eigenvalue weighted by Gasteiger charge is -2.22. The molecule has 1 aromatic heterocycles. The number of benzene rings is 1. The van der Waals surface area contributed by atoms with Crippen LogP contribution in [-0.2, 0) is 13.0 Å². The Morgan fingerprint density at radius 1 is 1.44 bits per heavy atom. The van der Waals surface area contributed by atoms with Crippen LogP contribution in [0.15, 0.2) is 30.5 Å². The summed E-state index contributed by atoms with van der Waals surface area (Å²) < 4.78 is 43.7. The van der Waals surface area contributed by atoms with Gasteiger partial charge in [0.2, 0.25) is 0 Å². The van der Waals surface area contributed by atoms with Gasteiger partial charge in [-0.2, -0.15) is 18.3 Å². The van der Waals surface area contributed by atoms with Crippen LogP contribution in [0.4, 0.5) is 13.2 Å². The molecule has 3 rings (SSSR count). The summed E-state index contributed by atoms with van der Waals surface area (Å²) in [5, 5.41) is 6.92. The van der Waals surface area contributed by atoms with Gasteiger partial charge in [0.15, 0.2) is 0 Å². The zero-order valence-corrected chi connectivity index (χ0v) is 13.6. The third-order valence-corrected chi connectivity index (χ3v) is 4.12. The van der Waals surface area contributed by atoms with Crippen LogP contribution in [0.25, 0.3) is 0 Å². The van der Waals surface area contributed by atoms with Crippen LogP contribution >= 0.6 is 0 Å². The lowest BCUT2D eigenvalue weighted by Crippen LogP contribution is -2.31. The number of nitrogens with zero attached hydrogens (tertiary/aromatic N) is 2. The van der Waals surface area contributed by atoms with E-state index in [4.69, 9.17) is 4.74 Å². The predicted molar refractivity (Wildman–Crippen MR) is 84.4 cm³/mol. The number of fused-ring (bicyclic) bond motifs is 1. The number of ether oxygens (including phenoxy) is 1. The maximum atomic E-state index is 12.6. The molecule has 0 radical (unpaired) electrons. The van der Waals surface area contributed by atoms with Gasteiger partial charge in [0, 0.05) is 11.8 Å². The van der Waals surface area contributed by atoms with Crippen LogP contribution in [0.1, 0.15) is 40.5 Å². The van der Waals surface area contributed by atoms with Gasteiger partial charge in [-0.05, 0) is 43.0 Å². The SMILES string of the molecule is COc1cccc(C(=O)N[C@@H]2CCCc3cn(CC(F)(F)F)nc32)c1. The van der Waals surface area contributed by atoms with E-state index in [1.54, 1.807) is 24.3 Å². The minimum Gasteiger partial charge on any atom is -0.497 e. The highest BCUT2D eigenvalue weighted by atomic mass is 19.4. The minimum atomic E-state index is -4.33. The number of aryl methyl sites for hydroxylation is 1. The second-order valence-electron chi connectivity index (χ2n) is 6.00. The van der Waals surface area contributed by atoms with Crippen molar-refractivity contribution in [2.24, 2.45) is 0 Å². The van der Waals surface area contributed by atoms with Gasteiger partial charge < -0.3 is 10.1 Å². The van der Waals surface area contributed by atoms with Gasteiger partial charge in [-0.3, -0.25) is 9.48 Å². The van der Waals surface area contributed by atoms with Crippen molar-refractivity contribution in [3.8, 4) is 5.75 Å². The van der Waals surface area contributed by atoms with E-state index in [0.29, 0.717) is 29.8 Å². The van der Waals surface area contributed by atoms with E-state index in [0.717, 1.165) is 16.7 Å². The van der Waals surface area contributed by atoms with Gasteiger partial charge in [0.05, 0.1) is 18.8 Å². The predicted octanol–water partition coefficient (Wildman–Crippen LogP) is 3.26. The maximum Gasteiger partial charge on any atom is 0.408 e. The zero-order valence-electron chi connectivity index (χ0n) is 13.6. The Kier molecular flexibility index (Phi) is 4.69. The monoisotopic (exact) mass is 353 g/mol. The quantitative estimate of drug-likeness (QED) is 0.918. The molecule has 25 heavy (non-hydrogen) atoms. The molecule has 5 nitrogen and oxygen atoms in total. The number of alkyl halides is 3. The fourth-order valence-corrected chi connectivity index (χ4v) is 3.01. The fraction of sp³-hybridized carbons (Fsp3) is 0.412. The van der Waals surface area contributed by atoms with Gasteiger partial charge in [-0.1, -0.05) is 6.07 Å². The summed E-state index contributed by atoms with van der Waals surface area (Å²) in [6, 6.07) is 6.31. The largest absolute Gasteiger partial charge is 0.497 e. The van der Waals surface area contributed by atoms with E-state index < -0.39 is 18.8 Å². The molecule has 0 unspecified atom stereocenters. The average Bonchev–Trinajstić information content (AvgIpc) is 2.96. The Balaban J connectivity index is 1.77. The Bertz CT molecular complexity index is 771. The van der Waals surface area contributed by atoms with E-state index in [1.165, 1.54) is 13.3 Å². The molecular formula is C17H18F3N3O2. The Labute approximate surface area is 142 Å². The van der Waals surface area contributed by atoms with Crippen LogP contribution in [-0.4, -0.2) is 29.0 Å². The van der Waals surface area contributed by atoms with Crippen molar-refractivity contribution < 1.29 is 22.7 Å². The lowest BCUT2D eigenvalue weighted by molar-refractivity contribution is -0.142. The summed E-state index contributed by atoms with van der Waals surface area (Å²) in [6.07, 6.45) is -0.807. The molecule has 0 aliphatic heterocycles. The molecule has 0 spiro atoms. The van der Waals surface area contributed by atoms with Gasteiger partial charge in [-0.15, -0.1) is 0 Å². The van der Waals surface area contributed by atoms with Crippen molar-refractivity contribution in [1.29, 1.82) is 0 Å². The molecule has 0 fully saturated rings. The summed E-state index contributed by atoms with van der Waals surface area (Å²) in [6.45, 7) is -1.13. The number of hydrogen-bond donors (Lipinski definition) is 1. The Morgan fingerprint density at radius 2 is 2.24 bits per heavy atom. The number of carbonyl (C=O) groups is 1. The van der Waals surface area contributed by atoms with Gasteiger partial charge in [-0.25, -0.2) is 0 Å². The van der Waals surface area contributed by atoms with Gasteiger partial charge >= 0.3 is 6.18 Å². The van der Waals surface area contributed by atoms with Crippen LogP contribution < -0.4 is 10.1 Å². The number of carbonyl (C=O) groups excluding carboxylic acids is 1. The number of amides is 1. The molecule has 1 aliphatic carbocycles. The molecule has 1 aromatic carbocycles. The van der Waals surface area contributed by atoms with E-state index >= 15 is 0 Å². The van der Waals surface area contributed by atoms with Crippen molar-refractivity contribution in [3.05, 3.63) is 47.3 Å². The standard InChI is InChI=1S/C17H18F3N3O2/c1-25-13-6-2-4-11(8-13)16(24)21-14-7-3-5-12-9-23(22-15(12)14)10-17(18,19)20/h2,4,6,8-9,14H,3,5,7,10H2,1H3,(H,21,24)/t14-/m1/s1. The maximum absolute atomic E-state index is 12.6. The second kappa shape index (κ2) is 6.78. The average molecular weight is 353 g/mol. The van der Waals surface area contributed by atoms with Gasteiger partial charge in [0.1, 0.15) is 12.3 Å². The molecule has 1 amide bonds. The fourth-order valence-electron chi connectivity index (χ4n) is 3.01. The number of hydrogen-bond acceptors (Lipinski definition) is 3. The van der Waals surface area contributed by atoms with Gasteiger partial charge in [0.25, 0.3) is 5.91 Å². The van der Waals surface area contributed by atoms with Crippen LogP contribution in [0.5, 0.6) is 5.75 Å². The molecule has 1 aliphatic rings. The lowest BCUT2D eigenvalue weighted by atomic mass is 9.93. The second-order valence-corrected chi connectivity index (χ2v) is 6.00. The first-order valence-electron chi connectivity index (χ1n) is 7.93. The highest BCUT2D eigenvalue weighted by Gasteiger charge is 2.31.